The molecular formula is C19H22N2O3. The summed E-state index contributed by atoms with van der Waals surface area (Å²) in [6.07, 6.45) is 4.94. The van der Waals surface area contributed by atoms with Crippen LogP contribution in [-0.4, -0.2) is 23.0 Å². The van der Waals surface area contributed by atoms with Crippen molar-refractivity contribution < 1.29 is 14.7 Å². The first-order valence-electron chi connectivity index (χ1n) is 8.38. The predicted octanol–water partition coefficient (Wildman–Crippen LogP) is 4.33. The Labute approximate surface area is 141 Å². The summed E-state index contributed by atoms with van der Waals surface area (Å²) in [5, 5.41) is 18.8. The third-order valence-corrected chi connectivity index (χ3v) is 4.48. The predicted molar refractivity (Wildman–Crippen MR) is 94.3 cm³/mol. The van der Waals surface area contributed by atoms with Crippen LogP contribution in [0.5, 0.6) is 5.75 Å². The highest BCUT2D eigenvalue weighted by atomic mass is 16.7. The van der Waals surface area contributed by atoms with Gasteiger partial charge >= 0.3 is 6.09 Å². The van der Waals surface area contributed by atoms with E-state index >= 15 is 0 Å². The molecule has 2 aromatic rings. The van der Waals surface area contributed by atoms with Gasteiger partial charge in [0.1, 0.15) is 5.75 Å². The zero-order valence-corrected chi connectivity index (χ0v) is 13.8. The van der Waals surface area contributed by atoms with Gasteiger partial charge in [0.15, 0.2) is 0 Å². The van der Waals surface area contributed by atoms with E-state index in [-0.39, 0.29) is 11.8 Å². The molecule has 1 aliphatic rings. The average molecular weight is 326 g/mol. The number of aromatic hydroxyl groups is 1. The van der Waals surface area contributed by atoms with Crippen molar-refractivity contribution in [2.45, 2.75) is 45.1 Å². The van der Waals surface area contributed by atoms with Gasteiger partial charge in [-0.2, -0.15) is 0 Å². The van der Waals surface area contributed by atoms with E-state index in [1.54, 1.807) is 13.0 Å². The molecule has 1 amide bonds. The molecule has 2 aromatic carbocycles. The van der Waals surface area contributed by atoms with Crippen molar-refractivity contribution in [3.8, 4) is 5.75 Å². The van der Waals surface area contributed by atoms with E-state index in [0.29, 0.717) is 11.3 Å². The van der Waals surface area contributed by atoms with Crippen LogP contribution in [0.1, 0.15) is 44.6 Å². The molecule has 1 aliphatic carbocycles. The minimum atomic E-state index is -0.540. The summed E-state index contributed by atoms with van der Waals surface area (Å²) in [5.41, 5.74) is 1.01. The average Bonchev–Trinajstić information content (AvgIpc) is 2.61. The van der Waals surface area contributed by atoms with Crippen molar-refractivity contribution in [3.05, 3.63) is 42.0 Å². The van der Waals surface area contributed by atoms with Crippen LogP contribution < -0.4 is 5.32 Å². The Kier molecular flexibility index (Phi) is 4.99. The van der Waals surface area contributed by atoms with E-state index in [0.717, 1.165) is 36.5 Å². The van der Waals surface area contributed by atoms with E-state index in [1.165, 1.54) is 6.42 Å². The molecule has 0 spiro atoms. The molecule has 0 saturated heterocycles. The number of benzene rings is 2. The summed E-state index contributed by atoms with van der Waals surface area (Å²) in [6, 6.07) is 11.4. The van der Waals surface area contributed by atoms with Crippen LogP contribution in [0.3, 0.4) is 0 Å². The van der Waals surface area contributed by atoms with Crippen LogP contribution in [0.25, 0.3) is 10.8 Å². The van der Waals surface area contributed by atoms with Gasteiger partial charge in [-0.3, -0.25) is 4.84 Å². The van der Waals surface area contributed by atoms with E-state index in [1.807, 2.05) is 30.3 Å². The highest BCUT2D eigenvalue weighted by molar-refractivity contribution is 6.06. The Morgan fingerprint density at radius 1 is 1.17 bits per heavy atom. The van der Waals surface area contributed by atoms with E-state index in [9.17, 15) is 9.90 Å². The quantitative estimate of drug-likeness (QED) is 0.501. The van der Waals surface area contributed by atoms with E-state index < -0.39 is 6.09 Å². The van der Waals surface area contributed by atoms with Crippen LogP contribution in [-0.2, 0) is 4.84 Å². The number of nitrogens with zero attached hydrogens (tertiary/aromatic N) is 1. The Bertz CT molecular complexity index is 764. The Morgan fingerprint density at radius 3 is 2.71 bits per heavy atom. The lowest BCUT2D eigenvalue weighted by atomic mass is 9.96. The molecule has 0 atom stereocenters. The molecule has 0 heterocycles. The van der Waals surface area contributed by atoms with E-state index in [4.69, 9.17) is 4.84 Å². The third kappa shape index (κ3) is 3.67. The number of phenols is 1. The molecule has 2 N–H and O–H groups in total. The molecule has 5 heteroatoms. The van der Waals surface area contributed by atoms with Crippen LogP contribution in [0, 0.1) is 0 Å². The van der Waals surface area contributed by atoms with Crippen molar-refractivity contribution in [1.29, 1.82) is 0 Å². The largest absolute Gasteiger partial charge is 0.507 e. The standard InChI is InChI=1S/C19H22N2O3/c1-13(21-24-19(23)20-15-8-3-2-4-9-15)16-12-11-14-7-5-6-10-17(14)18(16)22/h5-7,10-12,15,22H,2-4,8-9H2,1H3,(H,20,23)/b21-13-. The fraction of sp³-hybridized carbons (Fsp3) is 0.368. The van der Waals surface area contributed by atoms with Crippen molar-refractivity contribution >= 4 is 22.6 Å². The second-order valence-corrected chi connectivity index (χ2v) is 6.22. The molecule has 126 valence electrons. The molecule has 1 fully saturated rings. The maximum Gasteiger partial charge on any atom is 0.433 e. The van der Waals surface area contributed by atoms with Crippen LogP contribution in [0.2, 0.25) is 0 Å². The summed E-state index contributed by atoms with van der Waals surface area (Å²) in [7, 11) is 0. The van der Waals surface area contributed by atoms with Gasteiger partial charge in [-0.05, 0) is 31.2 Å². The number of oxime groups is 1. The SMILES string of the molecule is C/C(=N/OC(=O)NC1CCCCC1)c1ccc2ccccc2c1O. The summed E-state index contributed by atoms with van der Waals surface area (Å²) < 4.78 is 0. The number of amides is 1. The number of carbonyl (C=O) groups is 1. The Balaban J connectivity index is 1.69. The second-order valence-electron chi connectivity index (χ2n) is 6.22. The van der Waals surface area contributed by atoms with Crippen molar-refractivity contribution in [2.75, 3.05) is 0 Å². The fourth-order valence-corrected chi connectivity index (χ4v) is 3.15. The Hall–Kier alpha value is -2.56. The number of phenolic OH excluding ortho intramolecular Hbond substituents is 1. The minimum Gasteiger partial charge on any atom is -0.507 e. The van der Waals surface area contributed by atoms with Crippen LogP contribution >= 0.6 is 0 Å². The number of hydrogen-bond donors (Lipinski definition) is 2. The maximum atomic E-state index is 11.8. The molecule has 0 bridgehead atoms. The van der Waals surface area contributed by atoms with Crippen molar-refractivity contribution in [1.82, 2.24) is 5.32 Å². The van der Waals surface area contributed by atoms with Gasteiger partial charge < -0.3 is 10.4 Å². The van der Waals surface area contributed by atoms with Gasteiger partial charge in [0.2, 0.25) is 0 Å². The summed E-state index contributed by atoms with van der Waals surface area (Å²) in [6.45, 7) is 1.71. The second kappa shape index (κ2) is 7.34. The molecule has 0 unspecified atom stereocenters. The van der Waals surface area contributed by atoms with Gasteiger partial charge in [0.05, 0.1) is 5.71 Å². The number of hydrogen-bond acceptors (Lipinski definition) is 4. The number of rotatable bonds is 3. The van der Waals surface area contributed by atoms with Crippen LogP contribution in [0.4, 0.5) is 4.79 Å². The summed E-state index contributed by atoms with van der Waals surface area (Å²) in [5.74, 6) is 0.144. The molecule has 0 aromatic heterocycles. The van der Waals surface area contributed by atoms with Crippen molar-refractivity contribution in [2.24, 2.45) is 5.16 Å². The molecule has 3 rings (SSSR count). The molecule has 5 nitrogen and oxygen atoms in total. The van der Waals surface area contributed by atoms with Crippen molar-refractivity contribution in [3.63, 3.8) is 0 Å². The lowest BCUT2D eigenvalue weighted by Crippen LogP contribution is -2.35. The summed E-state index contributed by atoms with van der Waals surface area (Å²) in [4.78, 5) is 16.8. The Morgan fingerprint density at radius 2 is 1.92 bits per heavy atom. The molecule has 0 aliphatic heterocycles. The number of fused-ring (bicyclic) bond motifs is 1. The first kappa shape index (κ1) is 16.3. The topological polar surface area (TPSA) is 70.9 Å². The monoisotopic (exact) mass is 326 g/mol. The highest BCUT2D eigenvalue weighted by Crippen LogP contribution is 2.29. The van der Waals surface area contributed by atoms with Gasteiger partial charge in [-0.15, -0.1) is 0 Å². The molecule has 1 saturated carbocycles. The minimum absolute atomic E-state index is 0.144. The summed E-state index contributed by atoms with van der Waals surface area (Å²) >= 11 is 0. The van der Waals surface area contributed by atoms with Gasteiger partial charge in [0, 0.05) is 17.0 Å². The van der Waals surface area contributed by atoms with Gasteiger partial charge in [0.25, 0.3) is 0 Å². The lowest BCUT2D eigenvalue weighted by Gasteiger charge is -2.21. The normalized spacial score (nSPS) is 16.1. The third-order valence-electron chi connectivity index (χ3n) is 4.48. The first-order chi connectivity index (χ1) is 11.6. The smallest absolute Gasteiger partial charge is 0.433 e. The number of nitrogens with one attached hydrogen (secondary N) is 1. The highest BCUT2D eigenvalue weighted by Gasteiger charge is 2.16. The molecule has 24 heavy (non-hydrogen) atoms. The van der Waals surface area contributed by atoms with Gasteiger partial charge in [-0.1, -0.05) is 54.8 Å². The zero-order valence-electron chi connectivity index (χ0n) is 13.8. The zero-order chi connectivity index (χ0) is 16.9. The lowest BCUT2D eigenvalue weighted by molar-refractivity contribution is 0.143. The fourth-order valence-electron chi connectivity index (χ4n) is 3.15. The first-order valence-corrected chi connectivity index (χ1v) is 8.38. The van der Waals surface area contributed by atoms with E-state index in [2.05, 4.69) is 10.5 Å². The number of carbonyl (C=O) groups excluding carboxylic acids is 1. The molecular weight excluding hydrogens is 304 g/mol. The molecule has 0 radical (unpaired) electrons. The van der Waals surface area contributed by atoms with Gasteiger partial charge in [-0.25, -0.2) is 4.79 Å². The maximum absolute atomic E-state index is 11.8. The van der Waals surface area contributed by atoms with Crippen LogP contribution in [0.15, 0.2) is 41.6 Å².